The van der Waals surface area contributed by atoms with Crippen LogP contribution in [-0.4, -0.2) is 21.6 Å². The maximum Gasteiger partial charge on any atom is 0.323 e. The molecule has 0 saturated heterocycles. The maximum atomic E-state index is 11.1. The number of carboxylic acid groups (broad SMARTS) is 1. The number of aliphatic carboxylic acids is 1. The number of aromatic nitrogens is 1. The first kappa shape index (κ1) is 11.6. The molecule has 2 rings (SSSR count). The van der Waals surface area contributed by atoms with Crippen LogP contribution in [0.5, 0.6) is 0 Å². The van der Waals surface area contributed by atoms with E-state index in [4.69, 9.17) is 10.4 Å². The summed E-state index contributed by atoms with van der Waals surface area (Å²) in [5.74, 6) is -0.814. The number of hydrogen-bond donors (Lipinski definition) is 2. The fourth-order valence-electron chi connectivity index (χ4n) is 1.94. The predicted molar refractivity (Wildman–Crippen MR) is 60.0 cm³/mol. The van der Waals surface area contributed by atoms with Gasteiger partial charge in [-0.05, 0) is 25.3 Å². The van der Waals surface area contributed by atoms with Crippen LogP contribution in [0.1, 0.15) is 30.5 Å². The monoisotopic (exact) mass is 231 g/mol. The van der Waals surface area contributed by atoms with Crippen molar-refractivity contribution in [1.82, 2.24) is 10.3 Å². The van der Waals surface area contributed by atoms with Crippen molar-refractivity contribution < 1.29 is 9.90 Å². The molecule has 5 heteroatoms. The third-order valence-corrected chi connectivity index (χ3v) is 3.23. The fraction of sp³-hybridized carbons (Fsp3) is 0.417. The Labute approximate surface area is 99.1 Å². The number of nitrogens with one attached hydrogen (secondary N) is 1. The molecule has 1 heterocycles. The number of rotatable bonds is 4. The minimum absolute atomic E-state index is 0.347. The topological polar surface area (TPSA) is 86.0 Å². The lowest BCUT2D eigenvalue weighted by Gasteiger charge is -2.38. The first-order chi connectivity index (χ1) is 8.18. The van der Waals surface area contributed by atoms with Crippen molar-refractivity contribution in [2.45, 2.75) is 31.3 Å². The van der Waals surface area contributed by atoms with Gasteiger partial charge in [-0.15, -0.1) is 0 Å². The molecule has 0 aliphatic heterocycles. The molecule has 0 atom stereocenters. The molecule has 0 unspecified atom stereocenters. The molecule has 1 fully saturated rings. The normalized spacial score (nSPS) is 16.9. The summed E-state index contributed by atoms with van der Waals surface area (Å²) < 4.78 is 0. The highest BCUT2D eigenvalue weighted by Gasteiger charge is 2.43. The largest absolute Gasteiger partial charge is 0.480 e. The van der Waals surface area contributed by atoms with Crippen molar-refractivity contribution in [3.8, 4) is 6.07 Å². The minimum atomic E-state index is -0.814. The lowest BCUT2D eigenvalue weighted by atomic mass is 9.76. The van der Waals surface area contributed by atoms with E-state index in [0.29, 0.717) is 25.1 Å². The highest BCUT2D eigenvalue weighted by Crippen LogP contribution is 2.32. The number of hydrogen-bond acceptors (Lipinski definition) is 4. The quantitative estimate of drug-likeness (QED) is 0.808. The summed E-state index contributed by atoms with van der Waals surface area (Å²) in [7, 11) is 0. The van der Waals surface area contributed by atoms with Crippen LogP contribution in [0.2, 0.25) is 0 Å². The van der Waals surface area contributed by atoms with Crippen molar-refractivity contribution in [3.63, 3.8) is 0 Å². The summed E-state index contributed by atoms with van der Waals surface area (Å²) in [4.78, 5) is 15.1. The van der Waals surface area contributed by atoms with Gasteiger partial charge in [0.25, 0.3) is 0 Å². The second-order valence-electron chi connectivity index (χ2n) is 4.22. The molecule has 88 valence electrons. The van der Waals surface area contributed by atoms with Crippen LogP contribution in [0.4, 0.5) is 0 Å². The van der Waals surface area contributed by atoms with Gasteiger partial charge in [-0.3, -0.25) is 10.1 Å². The van der Waals surface area contributed by atoms with Gasteiger partial charge in [0.05, 0.1) is 0 Å². The molecule has 2 N–H and O–H groups in total. The van der Waals surface area contributed by atoms with Crippen molar-refractivity contribution in [2.75, 3.05) is 0 Å². The maximum absolute atomic E-state index is 11.1. The van der Waals surface area contributed by atoms with Crippen LogP contribution in [0, 0.1) is 11.3 Å². The molecule has 0 bridgehead atoms. The first-order valence-electron chi connectivity index (χ1n) is 5.50. The van der Waals surface area contributed by atoms with Crippen LogP contribution in [0.15, 0.2) is 18.3 Å². The lowest BCUT2D eigenvalue weighted by molar-refractivity contribution is -0.148. The Morgan fingerprint density at radius 3 is 2.94 bits per heavy atom. The lowest BCUT2D eigenvalue weighted by Crippen LogP contribution is -2.56. The Bertz CT molecular complexity index is 475. The van der Waals surface area contributed by atoms with Gasteiger partial charge >= 0.3 is 5.97 Å². The zero-order valence-electron chi connectivity index (χ0n) is 9.31. The van der Waals surface area contributed by atoms with E-state index in [9.17, 15) is 4.79 Å². The van der Waals surface area contributed by atoms with Crippen molar-refractivity contribution in [3.05, 3.63) is 29.6 Å². The zero-order valence-corrected chi connectivity index (χ0v) is 9.31. The van der Waals surface area contributed by atoms with Gasteiger partial charge in [0, 0.05) is 18.3 Å². The molecular weight excluding hydrogens is 218 g/mol. The second-order valence-corrected chi connectivity index (χ2v) is 4.22. The van der Waals surface area contributed by atoms with E-state index < -0.39 is 11.5 Å². The first-order valence-corrected chi connectivity index (χ1v) is 5.50. The molecule has 0 amide bonds. The highest BCUT2D eigenvalue weighted by atomic mass is 16.4. The van der Waals surface area contributed by atoms with Crippen molar-refractivity contribution >= 4 is 5.97 Å². The van der Waals surface area contributed by atoms with Crippen LogP contribution in [-0.2, 0) is 11.3 Å². The summed E-state index contributed by atoms with van der Waals surface area (Å²) in [6.07, 6.45) is 3.77. The van der Waals surface area contributed by atoms with Gasteiger partial charge in [0.15, 0.2) is 0 Å². The molecule has 0 radical (unpaired) electrons. The average molecular weight is 231 g/mol. The third kappa shape index (κ3) is 2.12. The van der Waals surface area contributed by atoms with Gasteiger partial charge in [0.1, 0.15) is 17.3 Å². The average Bonchev–Trinajstić information content (AvgIpc) is 2.27. The number of nitrogens with zero attached hydrogens (tertiary/aromatic N) is 2. The Morgan fingerprint density at radius 2 is 2.41 bits per heavy atom. The molecule has 1 saturated carbocycles. The van der Waals surface area contributed by atoms with Crippen LogP contribution < -0.4 is 5.32 Å². The molecule has 1 aromatic heterocycles. The van der Waals surface area contributed by atoms with E-state index in [1.807, 2.05) is 6.07 Å². The molecule has 1 aromatic rings. The van der Waals surface area contributed by atoms with E-state index in [0.717, 1.165) is 12.0 Å². The number of carbonyl (C=O) groups is 1. The van der Waals surface area contributed by atoms with E-state index >= 15 is 0 Å². The number of carboxylic acids is 1. The van der Waals surface area contributed by atoms with Gasteiger partial charge in [-0.1, -0.05) is 6.07 Å². The summed E-state index contributed by atoms with van der Waals surface area (Å²) in [6.45, 7) is 0.364. The molecule has 0 aromatic carbocycles. The highest BCUT2D eigenvalue weighted by molar-refractivity contribution is 5.80. The van der Waals surface area contributed by atoms with Crippen molar-refractivity contribution in [1.29, 1.82) is 5.26 Å². The third-order valence-electron chi connectivity index (χ3n) is 3.23. The molecule has 1 aliphatic carbocycles. The van der Waals surface area contributed by atoms with Crippen molar-refractivity contribution in [2.24, 2.45) is 0 Å². The molecule has 0 spiro atoms. The Hall–Kier alpha value is -1.93. The number of pyridine rings is 1. The Morgan fingerprint density at radius 1 is 1.65 bits per heavy atom. The summed E-state index contributed by atoms with van der Waals surface area (Å²) in [5, 5.41) is 21.0. The van der Waals surface area contributed by atoms with Gasteiger partial charge in [0.2, 0.25) is 0 Å². The standard InChI is InChI=1S/C12H13N3O2/c13-7-10-9(3-1-6-14-10)8-15-12(11(16)17)4-2-5-12/h1,3,6,15H,2,4-5,8H2,(H,16,17). The van der Waals surface area contributed by atoms with E-state index in [-0.39, 0.29) is 0 Å². The molecule has 5 nitrogen and oxygen atoms in total. The summed E-state index contributed by atoms with van der Waals surface area (Å²) >= 11 is 0. The Balaban J connectivity index is 2.07. The van der Waals surface area contributed by atoms with Crippen LogP contribution >= 0.6 is 0 Å². The summed E-state index contributed by atoms with van der Waals surface area (Å²) in [5.41, 5.74) is 0.283. The molecular formula is C12H13N3O2. The van der Waals surface area contributed by atoms with Gasteiger partial charge in [-0.2, -0.15) is 5.26 Å². The predicted octanol–water partition coefficient (Wildman–Crippen LogP) is 1.05. The van der Waals surface area contributed by atoms with E-state index in [1.165, 1.54) is 0 Å². The molecule has 1 aliphatic rings. The van der Waals surface area contributed by atoms with Gasteiger partial charge < -0.3 is 5.11 Å². The number of nitriles is 1. The SMILES string of the molecule is N#Cc1ncccc1CNC1(C(=O)O)CCC1. The molecule has 17 heavy (non-hydrogen) atoms. The van der Waals surface area contributed by atoms with E-state index in [2.05, 4.69) is 10.3 Å². The minimum Gasteiger partial charge on any atom is -0.480 e. The smallest absolute Gasteiger partial charge is 0.323 e. The van der Waals surface area contributed by atoms with Crippen LogP contribution in [0.3, 0.4) is 0 Å². The second kappa shape index (κ2) is 4.52. The van der Waals surface area contributed by atoms with Gasteiger partial charge in [-0.25, -0.2) is 4.98 Å². The zero-order chi connectivity index (χ0) is 12.3. The Kier molecular flexibility index (Phi) is 3.07. The van der Waals surface area contributed by atoms with Crippen LogP contribution in [0.25, 0.3) is 0 Å². The van der Waals surface area contributed by atoms with E-state index in [1.54, 1.807) is 18.3 Å². The fourth-order valence-corrected chi connectivity index (χ4v) is 1.94. The summed E-state index contributed by atoms with van der Waals surface area (Å²) in [6, 6.07) is 5.53.